The van der Waals surface area contributed by atoms with Crippen LogP contribution in [0.5, 0.6) is 0 Å². The molecular formula is C6H14ClNO2. The van der Waals surface area contributed by atoms with Gasteiger partial charge in [-0.2, -0.15) is 0 Å². The van der Waals surface area contributed by atoms with Gasteiger partial charge in [-0.25, -0.2) is 0 Å². The van der Waals surface area contributed by atoms with Crippen molar-refractivity contribution >= 4 is 18.4 Å². The normalized spacial score (nSPS) is 12.4. The Morgan fingerprint density at radius 1 is 1.60 bits per heavy atom. The van der Waals surface area contributed by atoms with Gasteiger partial charge in [-0.3, -0.25) is 4.79 Å². The van der Waals surface area contributed by atoms with Gasteiger partial charge in [0.05, 0.1) is 6.42 Å². The van der Waals surface area contributed by atoms with E-state index in [1.807, 2.05) is 25.9 Å². The lowest BCUT2D eigenvalue weighted by atomic mass is 10.2. The van der Waals surface area contributed by atoms with E-state index in [0.29, 0.717) is 0 Å². The quantitative estimate of drug-likeness (QED) is 0.677. The molecule has 1 atom stereocenters. The largest absolute Gasteiger partial charge is 0.481 e. The third kappa shape index (κ3) is 5.85. The van der Waals surface area contributed by atoms with Crippen LogP contribution in [0, 0.1) is 0 Å². The molecule has 0 aliphatic rings. The number of rotatable bonds is 3. The molecule has 0 bridgehead atoms. The number of carboxylic acids is 1. The Labute approximate surface area is 67.4 Å². The molecule has 0 rings (SSSR count). The molecule has 0 fully saturated rings. The molecule has 0 amide bonds. The summed E-state index contributed by atoms with van der Waals surface area (Å²) in [5.41, 5.74) is 0. The van der Waals surface area contributed by atoms with Crippen molar-refractivity contribution in [1.82, 2.24) is 4.90 Å². The highest BCUT2D eigenvalue weighted by Gasteiger charge is 2.07. The van der Waals surface area contributed by atoms with Gasteiger partial charge >= 0.3 is 5.97 Å². The number of aliphatic carboxylic acids is 1. The molecule has 3 nitrogen and oxygen atoms in total. The summed E-state index contributed by atoms with van der Waals surface area (Å²) in [6.07, 6.45) is 0.215. The SMILES string of the molecule is C[C@@H](CC(=O)O)N(C)C.Cl. The van der Waals surface area contributed by atoms with Crippen molar-refractivity contribution in [2.24, 2.45) is 0 Å². The Kier molecular flexibility index (Phi) is 6.82. The smallest absolute Gasteiger partial charge is 0.304 e. The summed E-state index contributed by atoms with van der Waals surface area (Å²) in [4.78, 5) is 12.0. The van der Waals surface area contributed by atoms with Crippen LogP contribution in [0.4, 0.5) is 0 Å². The zero-order valence-corrected chi connectivity index (χ0v) is 7.31. The van der Waals surface area contributed by atoms with Crippen molar-refractivity contribution in [3.63, 3.8) is 0 Å². The molecule has 0 heterocycles. The lowest BCUT2D eigenvalue weighted by Crippen LogP contribution is -2.26. The van der Waals surface area contributed by atoms with Gasteiger partial charge in [-0.05, 0) is 21.0 Å². The van der Waals surface area contributed by atoms with Crippen LogP contribution in [0.3, 0.4) is 0 Å². The third-order valence-corrected chi connectivity index (χ3v) is 1.35. The van der Waals surface area contributed by atoms with Crippen molar-refractivity contribution in [2.45, 2.75) is 19.4 Å². The average Bonchev–Trinajstić information content (AvgIpc) is 1.63. The molecule has 0 saturated carbocycles. The van der Waals surface area contributed by atoms with Crippen LogP contribution in [0.1, 0.15) is 13.3 Å². The van der Waals surface area contributed by atoms with Gasteiger partial charge in [-0.15, -0.1) is 12.4 Å². The maximum absolute atomic E-state index is 10.1. The first kappa shape index (κ1) is 12.4. The van der Waals surface area contributed by atoms with E-state index in [-0.39, 0.29) is 24.9 Å². The van der Waals surface area contributed by atoms with Crippen LogP contribution in [-0.2, 0) is 4.79 Å². The summed E-state index contributed by atoms with van der Waals surface area (Å²) in [5.74, 6) is -0.740. The number of hydrogen-bond acceptors (Lipinski definition) is 2. The number of nitrogens with zero attached hydrogens (tertiary/aromatic N) is 1. The molecule has 0 aliphatic heterocycles. The van der Waals surface area contributed by atoms with Gasteiger partial charge < -0.3 is 10.0 Å². The molecule has 62 valence electrons. The van der Waals surface area contributed by atoms with Gasteiger partial charge in [-0.1, -0.05) is 0 Å². The summed E-state index contributed by atoms with van der Waals surface area (Å²) in [6, 6.07) is 0.127. The monoisotopic (exact) mass is 167 g/mol. The van der Waals surface area contributed by atoms with E-state index in [0.717, 1.165) is 0 Å². The van der Waals surface area contributed by atoms with E-state index < -0.39 is 5.97 Å². The standard InChI is InChI=1S/C6H13NO2.ClH/c1-5(7(2)3)4-6(8)9;/h5H,4H2,1-3H3,(H,8,9);1H/t5-;/m0./s1. The third-order valence-electron chi connectivity index (χ3n) is 1.35. The van der Waals surface area contributed by atoms with E-state index in [9.17, 15) is 4.79 Å². The molecule has 0 spiro atoms. The highest BCUT2D eigenvalue weighted by atomic mass is 35.5. The van der Waals surface area contributed by atoms with Gasteiger partial charge in [0, 0.05) is 6.04 Å². The number of hydrogen-bond donors (Lipinski definition) is 1. The Morgan fingerprint density at radius 3 is 2.10 bits per heavy atom. The van der Waals surface area contributed by atoms with Gasteiger partial charge in [0.25, 0.3) is 0 Å². The summed E-state index contributed by atoms with van der Waals surface area (Å²) in [6.45, 7) is 1.88. The second-order valence-corrected chi connectivity index (χ2v) is 2.41. The summed E-state index contributed by atoms with van der Waals surface area (Å²) in [5, 5.41) is 8.31. The first-order chi connectivity index (χ1) is 4.04. The van der Waals surface area contributed by atoms with E-state index in [4.69, 9.17) is 5.11 Å². The Hall–Kier alpha value is -0.280. The van der Waals surface area contributed by atoms with Crippen LogP contribution in [0.2, 0.25) is 0 Å². The number of carboxylic acid groups (broad SMARTS) is 1. The summed E-state index contributed by atoms with van der Waals surface area (Å²) < 4.78 is 0. The predicted molar refractivity (Wildman–Crippen MR) is 42.6 cm³/mol. The summed E-state index contributed by atoms with van der Waals surface area (Å²) in [7, 11) is 3.74. The number of halogens is 1. The minimum absolute atomic E-state index is 0. The Bertz CT molecular complexity index is 106. The van der Waals surface area contributed by atoms with E-state index in [1.54, 1.807) is 0 Å². The van der Waals surface area contributed by atoms with Crippen molar-refractivity contribution in [3.8, 4) is 0 Å². The van der Waals surface area contributed by atoms with E-state index >= 15 is 0 Å². The Morgan fingerprint density at radius 2 is 2.00 bits per heavy atom. The highest BCUT2D eigenvalue weighted by Crippen LogP contribution is 1.96. The number of carbonyl (C=O) groups is 1. The molecule has 0 aromatic rings. The molecule has 0 aromatic carbocycles. The van der Waals surface area contributed by atoms with Crippen molar-refractivity contribution in [2.75, 3.05) is 14.1 Å². The molecule has 0 saturated heterocycles. The second-order valence-electron chi connectivity index (χ2n) is 2.41. The first-order valence-corrected chi connectivity index (χ1v) is 2.92. The minimum atomic E-state index is -0.740. The van der Waals surface area contributed by atoms with Crippen molar-refractivity contribution < 1.29 is 9.90 Å². The fourth-order valence-corrected chi connectivity index (χ4v) is 0.435. The van der Waals surface area contributed by atoms with E-state index in [1.165, 1.54) is 0 Å². The molecular weight excluding hydrogens is 154 g/mol. The highest BCUT2D eigenvalue weighted by molar-refractivity contribution is 5.85. The first-order valence-electron chi connectivity index (χ1n) is 2.92. The maximum atomic E-state index is 10.1. The predicted octanol–water partition coefficient (Wildman–Crippen LogP) is 0.833. The van der Waals surface area contributed by atoms with Crippen LogP contribution in [0.15, 0.2) is 0 Å². The van der Waals surface area contributed by atoms with Gasteiger partial charge in [0.2, 0.25) is 0 Å². The molecule has 0 aromatic heterocycles. The molecule has 0 radical (unpaired) electrons. The molecule has 4 heteroatoms. The maximum Gasteiger partial charge on any atom is 0.304 e. The van der Waals surface area contributed by atoms with E-state index in [2.05, 4.69) is 0 Å². The second kappa shape index (κ2) is 5.50. The van der Waals surface area contributed by atoms with Crippen LogP contribution < -0.4 is 0 Å². The van der Waals surface area contributed by atoms with Crippen LogP contribution in [-0.4, -0.2) is 36.1 Å². The van der Waals surface area contributed by atoms with Crippen LogP contribution >= 0.6 is 12.4 Å². The average molecular weight is 168 g/mol. The van der Waals surface area contributed by atoms with Gasteiger partial charge in [0.15, 0.2) is 0 Å². The zero-order valence-electron chi connectivity index (χ0n) is 6.50. The zero-order chi connectivity index (χ0) is 7.44. The molecule has 10 heavy (non-hydrogen) atoms. The topological polar surface area (TPSA) is 40.5 Å². The van der Waals surface area contributed by atoms with Gasteiger partial charge in [0.1, 0.15) is 0 Å². The Balaban J connectivity index is 0. The van der Waals surface area contributed by atoms with Crippen molar-refractivity contribution in [3.05, 3.63) is 0 Å². The fourth-order valence-electron chi connectivity index (χ4n) is 0.435. The van der Waals surface area contributed by atoms with Crippen LogP contribution in [0.25, 0.3) is 0 Å². The van der Waals surface area contributed by atoms with Crippen molar-refractivity contribution in [1.29, 1.82) is 0 Å². The molecule has 1 N–H and O–H groups in total. The fraction of sp³-hybridized carbons (Fsp3) is 0.833. The molecule has 0 aliphatic carbocycles. The minimum Gasteiger partial charge on any atom is -0.481 e. The molecule has 0 unspecified atom stereocenters. The lowest BCUT2D eigenvalue weighted by molar-refractivity contribution is -0.138. The lowest BCUT2D eigenvalue weighted by Gasteiger charge is -2.16. The summed E-state index contributed by atoms with van der Waals surface area (Å²) >= 11 is 0.